The number of hydrogen-bond acceptors (Lipinski definition) is 5. The Morgan fingerprint density at radius 3 is 0.889 bits per heavy atom. The molecule has 10 aromatic carbocycles. The zero-order chi connectivity index (χ0) is 60.2. The van der Waals surface area contributed by atoms with Crippen LogP contribution in [-0.2, 0) is 0 Å². The summed E-state index contributed by atoms with van der Waals surface area (Å²) < 4.78 is 36.1. The summed E-state index contributed by atoms with van der Waals surface area (Å²) in [5.41, 5.74) is 19.8. The van der Waals surface area contributed by atoms with E-state index in [0.29, 0.717) is 16.9 Å². The Labute approximate surface area is 517 Å². The lowest BCUT2D eigenvalue weighted by atomic mass is 9.97. The number of nitriles is 1. The predicted octanol–water partition coefficient (Wildman–Crippen LogP) is 20.6. The molecule has 90 heavy (non-hydrogen) atoms. The molecule has 0 unspecified atom stereocenters. The van der Waals surface area contributed by atoms with Gasteiger partial charge in [0.25, 0.3) is 0 Å². The van der Waals surface area contributed by atoms with Crippen LogP contribution in [0.25, 0.3) is 156 Å². The highest BCUT2D eigenvalue weighted by molar-refractivity contribution is 6.14. The Kier molecular flexibility index (Phi) is 13.2. The van der Waals surface area contributed by atoms with E-state index in [1.165, 1.54) is 12.1 Å². The minimum Gasteiger partial charge on any atom is -0.308 e. The third-order valence-electron chi connectivity index (χ3n) is 17.1. The number of halogens is 2. The number of aromatic nitrogens is 6. The minimum absolute atomic E-state index is 0.263. The monoisotopic (exact) mass is 1160 g/mol. The lowest BCUT2D eigenvalue weighted by Gasteiger charge is -2.20. The number of fused-ring (bicyclic) bond motifs is 6. The zero-order valence-electron chi connectivity index (χ0n) is 48.2. The van der Waals surface area contributed by atoms with Crippen LogP contribution in [-0.4, -0.2) is 29.1 Å². The highest BCUT2D eigenvalue weighted by Gasteiger charge is 2.26. The van der Waals surface area contributed by atoms with E-state index in [-0.39, 0.29) is 11.1 Å². The number of nitrogens with zero attached hydrogens (tertiary/aromatic N) is 7. The summed E-state index contributed by atoms with van der Waals surface area (Å²) in [5.74, 6) is -1.49. The van der Waals surface area contributed by atoms with Gasteiger partial charge in [-0.1, -0.05) is 200 Å². The van der Waals surface area contributed by atoms with Gasteiger partial charge in [0.05, 0.1) is 56.2 Å². The maximum absolute atomic E-state index is 15.9. The van der Waals surface area contributed by atoms with Crippen LogP contribution < -0.4 is 0 Å². The summed E-state index contributed by atoms with van der Waals surface area (Å²) in [4.78, 5) is 19.7. The van der Waals surface area contributed by atoms with Gasteiger partial charge in [-0.15, -0.1) is 0 Å². The van der Waals surface area contributed by atoms with Gasteiger partial charge in [0.2, 0.25) is 0 Å². The van der Waals surface area contributed by atoms with E-state index in [1.807, 2.05) is 183 Å². The molecule has 0 radical (unpaired) electrons. The van der Waals surface area contributed by atoms with Gasteiger partial charge in [0.1, 0.15) is 23.3 Å². The average molecular weight is 1160 g/mol. The van der Waals surface area contributed by atoms with E-state index in [4.69, 9.17) is 19.9 Å². The fraction of sp³-hybridized carbons (Fsp3) is 0. The van der Waals surface area contributed by atoms with Crippen LogP contribution in [0.1, 0.15) is 5.56 Å². The Balaban J connectivity index is 0.964. The molecule has 0 amide bonds. The fourth-order valence-corrected chi connectivity index (χ4v) is 12.7. The second kappa shape index (κ2) is 22.2. The summed E-state index contributed by atoms with van der Waals surface area (Å²) in [6.07, 6.45) is 7.57. The molecule has 7 nitrogen and oxygen atoms in total. The van der Waals surface area contributed by atoms with Gasteiger partial charge in [-0.05, 0) is 94.5 Å². The summed E-state index contributed by atoms with van der Waals surface area (Å²) >= 11 is 0. The molecule has 0 saturated carbocycles. The molecule has 9 heteroatoms. The average Bonchev–Trinajstić information content (AvgIpc) is 2.27. The normalized spacial score (nSPS) is 11.4. The first-order chi connectivity index (χ1) is 44.4. The van der Waals surface area contributed by atoms with Crippen molar-refractivity contribution in [1.82, 2.24) is 29.1 Å². The SMILES string of the molecule is N#Cc1c(-n2c3cc(-c4ccc(-c5ccccc5)nc4)ccc3c3ccc(-c4ccc(-c5ccccc5)nc4)cc32)ccc(-c2cc(F)cc(F)c2)c1-n1c2cc(-c3ccc(-c4ccccc4)nc3)ccc2c2ccc(-c3ccc(-c4ccccc4)nc3)cc21. The van der Waals surface area contributed by atoms with E-state index in [0.717, 1.165) is 139 Å². The Bertz CT molecular complexity index is 5150. The molecule has 0 saturated heterocycles. The van der Waals surface area contributed by atoms with Crippen molar-refractivity contribution in [2.75, 3.05) is 0 Å². The van der Waals surface area contributed by atoms with Crippen LogP contribution in [0.15, 0.2) is 298 Å². The maximum Gasteiger partial charge on any atom is 0.126 e. The number of hydrogen-bond donors (Lipinski definition) is 0. The molecular formula is C81H49F2N7. The van der Waals surface area contributed by atoms with Crippen molar-refractivity contribution in [2.24, 2.45) is 0 Å². The highest BCUT2D eigenvalue weighted by atomic mass is 19.1. The van der Waals surface area contributed by atoms with Crippen molar-refractivity contribution in [3.63, 3.8) is 0 Å². The topological polar surface area (TPSA) is 85.2 Å². The summed E-state index contributed by atoms with van der Waals surface area (Å²) in [5, 5.41) is 16.0. The van der Waals surface area contributed by atoms with Crippen molar-refractivity contribution >= 4 is 43.6 Å². The Hall–Kier alpha value is -12.3. The van der Waals surface area contributed by atoms with E-state index < -0.39 is 11.6 Å². The third kappa shape index (κ3) is 9.53. The van der Waals surface area contributed by atoms with Crippen molar-refractivity contribution in [3.05, 3.63) is 315 Å². The van der Waals surface area contributed by atoms with Gasteiger partial charge in [0, 0.05) is 102 Å². The van der Waals surface area contributed by atoms with Gasteiger partial charge < -0.3 is 9.13 Å². The third-order valence-corrected chi connectivity index (χ3v) is 17.1. The van der Waals surface area contributed by atoms with Crippen molar-refractivity contribution in [1.29, 1.82) is 5.26 Å². The van der Waals surface area contributed by atoms with Gasteiger partial charge in [-0.3, -0.25) is 19.9 Å². The van der Waals surface area contributed by atoms with Crippen molar-refractivity contribution in [2.45, 2.75) is 0 Å². The second-order valence-electron chi connectivity index (χ2n) is 22.4. The zero-order valence-corrected chi connectivity index (χ0v) is 48.2. The molecular weight excluding hydrogens is 1110 g/mol. The Morgan fingerprint density at radius 1 is 0.278 bits per heavy atom. The molecule has 0 spiro atoms. The van der Waals surface area contributed by atoms with Gasteiger partial charge in [-0.2, -0.15) is 5.26 Å². The first-order valence-corrected chi connectivity index (χ1v) is 29.7. The van der Waals surface area contributed by atoms with Gasteiger partial charge in [-0.25, -0.2) is 8.78 Å². The fourth-order valence-electron chi connectivity index (χ4n) is 12.7. The first-order valence-electron chi connectivity index (χ1n) is 29.7. The van der Waals surface area contributed by atoms with Crippen molar-refractivity contribution in [3.8, 4) is 118 Å². The largest absolute Gasteiger partial charge is 0.308 e. The number of benzene rings is 10. The molecule has 0 N–H and O–H groups in total. The van der Waals surface area contributed by atoms with E-state index >= 15 is 8.78 Å². The molecule has 0 aliphatic heterocycles. The van der Waals surface area contributed by atoms with Crippen LogP contribution in [0.3, 0.4) is 0 Å². The minimum atomic E-state index is -0.747. The van der Waals surface area contributed by atoms with E-state index in [9.17, 15) is 5.26 Å². The lowest BCUT2D eigenvalue weighted by molar-refractivity contribution is 0.584. The molecule has 0 aliphatic carbocycles. The van der Waals surface area contributed by atoms with Crippen LogP contribution in [0.2, 0.25) is 0 Å². The van der Waals surface area contributed by atoms with Gasteiger partial charge >= 0.3 is 0 Å². The second-order valence-corrected chi connectivity index (χ2v) is 22.4. The summed E-state index contributed by atoms with van der Waals surface area (Å²) in [7, 11) is 0. The van der Waals surface area contributed by atoms with E-state index in [2.05, 4.69) is 112 Å². The summed E-state index contributed by atoms with van der Waals surface area (Å²) in [6, 6.07) is 92.4. The lowest BCUT2D eigenvalue weighted by Crippen LogP contribution is -2.07. The molecule has 0 fully saturated rings. The number of pyridine rings is 4. The maximum atomic E-state index is 15.9. The predicted molar refractivity (Wildman–Crippen MR) is 360 cm³/mol. The number of rotatable bonds is 11. The van der Waals surface area contributed by atoms with E-state index in [1.54, 1.807) is 0 Å². The molecule has 16 aromatic rings. The molecule has 6 aromatic heterocycles. The van der Waals surface area contributed by atoms with Crippen molar-refractivity contribution < 1.29 is 8.78 Å². The van der Waals surface area contributed by atoms with Gasteiger partial charge in [0.15, 0.2) is 0 Å². The first kappa shape index (κ1) is 53.2. The summed E-state index contributed by atoms with van der Waals surface area (Å²) in [6.45, 7) is 0. The molecule has 0 bridgehead atoms. The molecule has 16 rings (SSSR count). The van der Waals surface area contributed by atoms with Crippen LogP contribution in [0.5, 0.6) is 0 Å². The molecule has 0 atom stereocenters. The smallest absolute Gasteiger partial charge is 0.126 e. The standard InChI is InChI=1S/C81H49F2N7/c82-64-39-63(40-65(83)45-64)66-33-38-76(89-77-41-55(59-25-34-72(85-47-59)51-13-5-1-6-14-51)21-29-67(77)68-30-22-56(42-78(68)89)60-26-35-73(86-48-60)52-15-7-2-8-16-52)71(46-84)81(66)90-79-43-57(61-27-36-74(87-49-61)53-17-9-3-10-18-53)23-31-69(79)70-32-24-58(44-80(70)90)62-28-37-75(88-50-62)54-19-11-4-12-20-54/h1-45,47-50H. The highest BCUT2D eigenvalue weighted by Crippen LogP contribution is 2.45. The Morgan fingerprint density at radius 2 is 0.589 bits per heavy atom. The van der Waals surface area contributed by atoms with Crippen LogP contribution in [0, 0.1) is 23.0 Å². The van der Waals surface area contributed by atoms with Crippen LogP contribution in [0.4, 0.5) is 8.78 Å². The molecule has 0 aliphatic rings. The quantitative estimate of drug-likeness (QED) is 0.129. The molecule has 6 heterocycles. The molecule has 422 valence electrons. The van der Waals surface area contributed by atoms with Crippen LogP contribution >= 0.6 is 0 Å².